The Kier molecular flexibility index (Phi) is 5.11. The molecule has 5 heteroatoms. The third-order valence-electron chi connectivity index (χ3n) is 5.25. The van der Waals surface area contributed by atoms with Crippen molar-refractivity contribution >= 4 is 11.6 Å². The summed E-state index contributed by atoms with van der Waals surface area (Å²) in [4.78, 5) is 26.4. The molecule has 2 aromatic heterocycles. The van der Waals surface area contributed by atoms with Crippen LogP contribution in [0.15, 0.2) is 82.2 Å². The molecule has 150 valence electrons. The van der Waals surface area contributed by atoms with Gasteiger partial charge in [0.25, 0.3) is 5.91 Å². The number of benzene rings is 2. The van der Waals surface area contributed by atoms with E-state index in [9.17, 15) is 9.59 Å². The number of amides is 1. The molecule has 1 amide bonds. The van der Waals surface area contributed by atoms with Gasteiger partial charge in [-0.1, -0.05) is 30.3 Å². The Morgan fingerprint density at radius 1 is 0.933 bits per heavy atom. The van der Waals surface area contributed by atoms with E-state index in [2.05, 4.69) is 5.32 Å². The Morgan fingerprint density at radius 2 is 1.70 bits per heavy atom. The molecule has 0 atom stereocenters. The van der Waals surface area contributed by atoms with Crippen molar-refractivity contribution in [3.8, 4) is 17.1 Å². The van der Waals surface area contributed by atoms with Crippen molar-refractivity contribution in [2.24, 2.45) is 0 Å². The molecule has 0 saturated heterocycles. The second-order valence-electron chi connectivity index (χ2n) is 7.22. The molecule has 0 aliphatic heterocycles. The number of hydrogen-bond acceptors (Lipinski definition) is 3. The summed E-state index contributed by atoms with van der Waals surface area (Å²) in [6.45, 7) is 5.76. The van der Waals surface area contributed by atoms with E-state index in [1.54, 1.807) is 12.1 Å². The minimum atomic E-state index is -0.468. The molecule has 30 heavy (non-hydrogen) atoms. The van der Waals surface area contributed by atoms with E-state index in [1.807, 2.05) is 73.9 Å². The number of rotatable bonds is 4. The van der Waals surface area contributed by atoms with E-state index in [4.69, 9.17) is 4.42 Å². The molecule has 0 spiro atoms. The van der Waals surface area contributed by atoms with Gasteiger partial charge in [-0.2, -0.15) is 0 Å². The molecule has 0 aliphatic rings. The van der Waals surface area contributed by atoms with Crippen molar-refractivity contribution in [3.05, 3.63) is 106 Å². The molecule has 4 aromatic rings. The number of furan rings is 1. The van der Waals surface area contributed by atoms with Crippen LogP contribution in [-0.2, 0) is 0 Å². The second-order valence-corrected chi connectivity index (χ2v) is 7.22. The van der Waals surface area contributed by atoms with Crippen LogP contribution < -0.4 is 10.7 Å². The summed E-state index contributed by atoms with van der Waals surface area (Å²) in [5, 5.41) is 2.91. The molecule has 2 heterocycles. The standard InChI is InChI=1S/C25H22N2O3/c1-16-9-7-12-20(18(16)3)26-25(29)23-21(28)15-17(2)27(19-10-5-4-6-11-19)24(23)22-13-8-14-30-22/h4-15H,1-3H3,(H,26,29). The highest BCUT2D eigenvalue weighted by atomic mass is 16.3. The molecule has 4 rings (SSSR count). The van der Waals surface area contributed by atoms with Crippen LogP contribution >= 0.6 is 0 Å². The number of carbonyl (C=O) groups is 1. The number of carbonyl (C=O) groups excluding carboxylic acids is 1. The molecule has 5 nitrogen and oxygen atoms in total. The van der Waals surface area contributed by atoms with E-state index in [0.29, 0.717) is 22.8 Å². The number of anilines is 1. The molecule has 0 saturated carbocycles. The highest BCUT2D eigenvalue weighted by Gasteiger charge is 2.24. The summed E-state index contributed by atoms with van der Waals surface area (Å²) < 4.78 is 7.51. The quantitative estimate of drug-likeness (QED) is 0.509. The SMILES string of the molecule is Cc1cccc(NC(=O)c2c(-c3ccco3)n(-c3ccccc3)c(C)cc2=O)c1C. The third kappa shape index (κ3) is 3.46. The van der Waals surface area contributed by atoms with Crippen molar-refractivity contribution in [2.75, 3.05) is 5.32 Å². The van der Waals surface area contributed by atoms with E-state index in [-0.39, 0.29) is 11.0 Å². The van der Waals surface area contributed by atoms with Crippen LogP contribution in [0.1, 0.15) is 27.2 Å². The maximum atomic E-state index is 13.3. The summed E-state index contributed by atoms with van der Waals surface area (Å²) in [6, 6.07) is 20.3. The Labute approximate surface area is 174 Å². The van der Waals surface area contributed by atoms with E-state index in [1.165, 1.54) is 12.3 Å². The zero-order chi connectivity index (χ0) is 21.3. The minimum absolute atomic E-state index is 0.0420. The minimum Gasteiger partial charge on any atom is -0.463 e. The van der Waals surface area contributed by atoms with Crippen LogP contribution in [0.2, 0.25) is 0 Å². The van der Waals surface area contributed by atoms with Gasteiger partial charge in [0.1, 0.15) is 11.3 Å². The van der Waals surface area contributed by atoms with Crippen LogP contribution in [0.25, 0.3) is 17.1 Å². The summed E-state index contributed by atoms with van der Waals surface area (Å²) in [5.74, 6) is -0.0180. The number of aryl methyl sites for hydroxylation is 2. The molecule has 2 aromatic carbocycles. The van der Waals surface area contributed by atoms with E-state index in [0.717, 1.165) is 16.8 Å². The second kappa shape index (κ2) is 7.87. The summed E-state index contributed by atoms with van der Waals surface area (Å²) in [7, 11) is 0. The van der Waals surface area contributed by atoms with Crippen LogP contribution in [0.4, 0.5) is 5.69 Å². The molecular formula is C25H22N2O3. The van der Waals surface area contributed by atoms with Crippen molar-refractivity contribution < 1.29 is 9.21 Å². The zero-order valence-corrected chi connectivity index (χ0v) is 17.1. The molecule has 0 unspecified atom stereocenters. The van der Waals surface area contributed by atoms with Crippen LogP contribution in [0, 0.1) is 20.8 Å². The molecular weight excluding hydrogens is 376 g/mol. The predicted octanol–water partition coefficient (Wildman–Crippen LogP) is 5.28. The Balaban J connectivity index is 1.95. The average molecular weight is 398 g/mol. The maximum absolute atomic E-state index is 13.3. The predicted molar refractivity (Wildman–Crippen MR) is 118 cm³/mol. The van der Waals surface area contributed by atoms with Gasteiger partial charge in [0.05, 0.1) is 6.26 Å². The summed E-state index contributed by atoms with van der Waals surface area (Å²) >= 11 is 0. The van der Waals surface area contributed by atoms with Gasteiger partial charge < -0.3 is 14.3 Å². The van der Waals surface area contributed by atoms with E-state index >= 15 is 0 Å². The van der Waals surface area contributed by atoms with Crippen molar-refractivity contribution in [3.63, 3.8) is 0 Å². The van der Waals surface area contributed by atoms with Gasteiger partial charge in [-0.15, -0.1) is 0 Å². The number of hydrogen-bond donors (Lipinski definition) is 1. The Morgan fingerprint density at radius 3 is 2.40 bits per heavy atom. The lowest BCUT2D eigenvalue weighted by Gasteiger charge is -2.19. The monoisotopic (exact) mass is 398 g/mol. The number of aromatic nitrogens is 1. The fourth-order valence-electron chi connectivity index (χ4n) is 3.58. The first kappa shape index (κ1) is 19.5. The van der Waals surface area contributed by atoms with Crippen LogP contribution in [0.3, 0.4) is 0 Å². The Hall–Kier alpha value is -3.86. The number of para-hydroxylation sites is 1. The highest BCUT2D eigenvalue weighted by Crippen LogP contribution is 2.28. The first-order valence-electron chi connectivity index (χ1n) is 9.71. The lowest BCUT2D eigenvalue weighted by Crippen LogP contribution is -2.26. The largest absolute Gasteiger partial charge is 0.463 e. The van der Waals surface area contributed by atoms with Gasteiger partial charge in [-0.3, -0.25) is 9.59 Å². The first-order chi connectivity index (χ1) is 14.5. The normalized spacial score (nSPS) is 10.8. The van der Waals surface area contributed by atoms with Gasteiger partial charge in [-0.05, 0) is 62.2 Å². The number of pyridine rings is 1. The topological polar surface area (TPSA) is 64.2 Å². The fraction of sp³-hybridized carbons (Fsp3) is 0.120. The molecule has 0 radical (unpaired) electrons. The molecule has 0 aliphatic carbocycles. The van der Waals surface area contributed by atoms with Crippen LogP contribution in [-0.4, -0.2) is 10.5 Å². The molecule has 0 fully saturated rings. The van der Waals surface area contributed by atoms with Crippen molar-refractivity contribution in [2.45, 2.75) is 20.8 Å². The third-order valence-corrected chi connectivity index (χ3v) is 5.25. The lowest BCUT2D eigenvalue weighted by atomic mass is 10.1. The van der Waals surface area contributed by atoms with Gasteiger partial charge in [-0.25, -0.2) is 0 Å². The van der Waals surface area contributed by atoms with Gasteiger partial charge in [0.2, 0.25) is 0 Å². The zero-order valence-electron chi connectivity index (χ0n) is 17.1. The van der Waals surface area contributed by atoms with Crippen molar-refractivity contribution in [1.82, 2.24) is 4.57 Å². The summed E-state index contributed by atoms with van der Waals surface area (Å²) in [6.07, 6.45) is 1.53. The number of nitrogens with one attached hydrogen (secondary N) is 1. The van der Waals surface area contributed by atoms with Crippen LogP contribution in [0.5, 0.6) is 0 Å². The smallest absolute Gasteiger partial charge is 0.261 e. The fourth-order valence-corrected chi connectivity index (χ4v) is 3.58. The van der Waals surface area contributed by atoms with E-state index < -0.39 is 5.91 Å². The lowest BCUT2D eigenvalue weighted by molar-refractivity contribution is 0.102. The van der Waals surface area contributed by atoms with Gasteiger partial charge in [0.15, 0.2) is 11.2 Å². The maximum Gasteiger partial charge on any atom is 0.261 e. The highest BCUT2D eigenvalue weighted by molar-refractivity contribution is 6.08. The van der Waals surface area contributed by atoms with Crippen molar-refractivity contribution in [1.29, 1.82) is 0 Å². The first-order valence-corrected chi connectivity index (χ1v) is 9.71. The summed E-state index contributed by atoms with van der Waals surface area (Å²) in [5.41, 5.74) is 4.36. The number of nitrogens with zero attached hydrogens (tertiary/aromatic N) is 1. The molecule has 1 N–H and O–H groups in total. The van der Waals surface area contributed by atoms with Gasteiger partial charge in [0, 0.05) is 23.1 Å². The van der Waals surface area contributed by atoms with Gasteiger partial charge >= 0.3 is 0 Å². The molecule has 0 bridgehead atoms. The Bertz CT molecular complexity index is 1270. The average Bonchev–Trinajstić information content (AvgIpc) is 3.26.